The third-order valence-electron chi connectivity index (χ3n) is 4.47. The highest BCUT2D eigenvalue weighted by Crippen LogP contribution is 2.41. The molecule has 144 valence electrons. The first-order valence-electron chi connectivity index (χ1n) is 8.68. The number of rotatable bonds is 10. The molecule has 24 heavy (non-hydrogen) atoms. The molecule has 0 radical (unpaired) electrons. The molecule has 8 heteroatoms. The van der Waals surface area contributed by atoms with Crippen molar-refractivity contribution in [2.45, 2.75) is 46.0 Å². The van der Waals surface area contributed by atoms with E-state index in [1.54, 1.807) is 0 Å². The predicted molar refractivity (Wildman–Crippen MR) is 111 cm³/mol. The Balaban J connectivity index is 0.00000529. The highest BCUT2D eigenvalue weighted by molar-refractivity contribution is 14.0. The van der Waals surface area contributed by atoms with Gasteiger partial charge in [0.1, 0.15) is 9.84 Å². The molecule has 0 atom stereocenters. The molecule has 1 fully saturated rings. The molecule has 6 nitrogen and oxygen atoms in total. The Morgan fingerprint density at radius 2 is 1.83 bits per heavy atom. The maximum absolute atomic E-state index is 11.0. The second-order valence-corrected chi connectivity index (χ2v) is 8.68. The number of hydrogen-bond acceptors (Lipinski definition) is 4. The molecule has 1 saturated carbocycles. The van der Waals surface area contributed by atoms with E-state index in [1.165, 1.54) is 38.4 Å². The Labute approximate surface area is 164 Å². The minimum Gasteiger partial charge on any atom is -0.379 e. The van der Waals surface area contributed by atoms with E-state index in [0.29, 0.717) is 18.6 Å². The summed E-state index contributed by atoms with van der Waals surface area (Å²) in [6.45, 7) is 7.33. The average molecular weight is 475 g/mol. The normalized spacial score (nSPS) is 17.4. The summed E-state index contributed by atoms with van der Waals surface area (Å²) in [7, 11) is -2.95. The molecule has 0 amide bonds. The van der Waals surface area contributed by atoms with E-state index in [0.717, 1.165) is 19.0 Å². The fraction of sp³-hybridized carbons (Fsp3) is 0.938. The third kappa shape index (κ3) is 10.0. The SMILES string of the molecule is CCNC(=NCC1(CC)CCCC1)NCCOCCS(C)(=O)=O.I. The quantitative estimate of drug-likeness (QED) is 0.219. The van der Waals surface area contributed by atoms with Gasteiger partial charge in [0.15, 0.2) is 5.96 Å². The van der Waals surface area contributed by atoms with Crippen LogP contribution in [0.1, 0.15) is 46.0 Å². The lowest BCUT2D eigenvalue weighted by atomic mass is 9.84. The van der Waals surface area contributed by atoms with Gasteiger partial charge in [0.2, 0.25) is 0 Å². The summed E-state index contributed by atoms with van der Waals surface area (Å²) in [6, 6.07) is 0. The zero-order chi connectivity index (χ0) is 17.2. The van der Waals surface area contributed by atoms with E-state index in [9.17, 15) is 8.42 Å². The maximum Gasteiger partial charge on any atom is 0.191 e. The van der Waals surface area contributed by atoms with Crippen LogP contribution in [-0.4, -0.2) is 59.2 Å². The lowest BCUT2D eigenvalue weighted by molar-refractivity contribution is 0.154. The van der Waals surface area contributed by atoms with E-state index in [-0.39, 0.29) is 36.3 Å². The van der Waals surface area contributed by atoms with Crippen LogP contribution in [0, 0.1) is 5.41 Å². The summed E-state index contributed by atoms with van der Waals surface area (Å²) in [5.41, 5.74) is 0.383. The first-order valence-corrected chi connectivity index (χ1v) is 10.7. The van der Waals surface area contributed by atoms with Crippen molar-refractivity contribution in [1.82, 2.24) is 10.6 Å². The minimum atomic E-state index is -2.95. The van der Waals surface area contributed by atoms with Gasteiger partial charge in [0.25, 0.3) is 0 Å². The van der Waals surface area contributed by atoms with Crippen molar-refractivity contribution in [2.24, 2.45) is 10.4 Å². The Kier molecular flexibility index (Phi) is 12.2. The Hall–Kier alpha value is -0.0900. The van der Waals surface area contributed by atoms with Gasteiger partial charge >= 0.3 is 0 Å². The van der Waals surface area contributed by atoms with Crippen molar-refractivity contribution in [3.05, 3.63) is 0 Å². The molecule has 0 spiro atoms. The summed E-state index contributed by atoms with van der Waals surface area (Å²) in [6.07, 6.45) is 7.60. The topological polar surface area (TPSA) is 79.8 Å². The van der Waals surface area contributed by atoms with Crippen LogP contribution in [0.2, 0.25) is 0 Å². The zero-order valence-electron chi connectivity index (χ0n) is 15.3. The van der Waals surface area contributed by atoms with Crippen molar-refractivity contribution in [3.8, 4) is 0 Å². The average Bonchev–Trinajstić information content (AvgIpc) is 2.96. The lowest BCUT2D eigenvalue weighted by Gasteiger charge is -2.25. The third-order valence-corrected chi connectivity index (χ3v) is 5.38. The van der Waals surface area contributed by atoms with Gasteiger partial charge in [-0.2, -0.15) is 0 Å². The first-order chi connectivity index (χ1) is 10.9. The van der Waals surface area contributed by atoms with Crippen LogP contribution in [0.15, 0.2) is 4.99 Å². The van der Waals surface area contributed by atoms with Crippen LogP contribution in [0.4, 0.5) is 0 Å². The summed E-state index contributed by atoms with van der Waals surface area (Å²) in [5.74, 6) is 0.888. The van der Waals surface area contributed by atoms with E-state index in [2.05, 4.69) is 17.6 Å². The molecule has 0 saturated heterocycles. The van der Waals surface area contributed by atoms with Crippen molar-refractivity contribution in [3.63, 3.8) is 0 Å². The predicted octanol–water partition coefficient (Wildman–Crippen LogP) is 2.19. The number of sulfone groups is 1. The second kappa shape index (κ2) is 12.3. The number of nitrogens with one attached hydrogen (secondary N) is 2. The summed E-state index contributed by atoms with van der Waals surface area (Å²) in [5, 5.41) is 6.50. The van der Waals surface area contributed by atoms with Gasteiger partial charge in [-0.1, -0.05) is 19.8 Å². The first kappa shape index (κ1) is 23.9. The van der Waals surface area contributed by atoms with Crippen molar-refractivity contribution in [2.75, 3.05) is 44.9 Å². The molecule has 0 aromatic heterocycles. The van der Waals surface area contributed by atoms with Crippen LogP contribution in [-0.2, 0) is 14.6 Å². The maximum atomic E-state index is 11.0. The molecule has 0 heterocycles. The largest absolute Gasteiger partial charge is 0.379 e. The number of hydrogen-bond donors (Lipinski definition) is 2. The summed E-state index contributed by atoms with van der Waals surface area (Å²) in [4.78, 5) is 4.74. The fourth-order valence-electron chi connectivity index (χ4n) is 2.89. The van der Waals surface area contributed by atoms with Crippen LogP contribution >= 0.6 is 24.0 Å². The van der Waals surface area contributed by atoms with Gasteiger partial charge in [-0.3, -0.25) is 4.99 Å². The Morgan fingerprint density at radius 1 is 1.17 bits per heavy atom. The molecule has 1 aliphatic carbocycles. The Bertz CT molecular complexity index is 463. The number of ether oxygens (including phenoxy) is 1. The highest BCUT2D eigenvalue weighted by Gasteiger charge is 2.31. The second-order valence-electron chi connectivity index (χ2n) is 6.42. The molecular formula is C16H34IN3O3S. The number of nitrogens with zero attached hydrogens (tertiary/aromatic N) is 1. The molecular weight excluding hydrogens is 441 g/mol. The van der Waals surface area contributed by atoms with Gasteiger partial charge in [0.05, 0.1) is 19.0 Å². The Morgan fingerprint density at radius 3 is 2.38 bits per heavy atom. The standard InChI is InChI=1S/C16H33N3O3S.HI/c1-4-16(8-6-7-9-16)14-19-15(17-5-2)18-10-11-22-12-13-23(3,20)21;/h4-14H2,1-3H3,(H2,17,18,19);1H. The molecule has 2 N–H and O–H groups in total. The van der Waals surface area contributed by atoms with Crippen LogP contribution in [0.3, 0.4) is 0 Å². The molecule has 0 bridgehead atoms. The van der Waals surface area contributed by atoms with E-state index >= 15 is 0 Å². The lowest BCUT2D eigenvalue weighted by Crippen LogP contribution is -2.40. The molecule has 0 aliphatic heterocycles. The van der Waals surface area contributed by atoms with Gasteiger partial charge in [-0.05, 0) is 31.6 Å². The smallest absolute Gasteiger partial charge is 0.191 e. The fourth-order valence-corrected chi connectivity index (χ4v) is 3.31. The van der Waals surface area contributed by atoms with Crippen LogP contribution in [0.25, 0.3) is 0 Å². The minimum absolute atomic E-state index is 0. The van der Waals surface area contributed by atoms with Gasteiger partial charge < -0.3 is 15.4 Å². The van der Waals surface area contributed by atoms with E-state index in [1.807, 2.05) is 6.92 Å². The van der Waals surface area contributed by atoms with Crippen molar-refractivity contribution >= 4 is 39.8 Å². The van der Waals surface area contributed by atoms with Crippen LogP contribution < -0.4 is 10.6 Å². The van der Waals surface area contributed by atoms with Crippen molar-refractivity contribution in [1.29, 1.82) is 0 Å². The molecule has 1 aliphatic rings. The number of aliphatic imine (C=N–C) groups is 1. The monoisotopic (exact) mass is 475 g/mol. The number of guanidine groups is 1. The molecule has 1 rings (SSSR count). The molecule has 0 aromatic carbocycles. The van der Waals surface area contributed by atoms with Crippen molar-refractivity contribution < 1.29 is 13.2 Å². The summed E-state index contributed by atoms with van der Waals surface area (Å²) >= 11 is 0. The molecule has 0 unspecified atom stereocenters. The van der Waals surface area contributed by atoms with Gasteiger partial charge in [0, 0.05) is 25.9 Å². The van der Waals surface area contributed by atoms with Crippen LogP contribution in [0.5, 0.6) is 0 Å². The number of halogens is 1. The molecule has 0 aromatic rings. The zero-order valence-corrected chi connectivity index (χ0v) is 18.4. The van der Waals surface area contributed by atoms with E-state index in [4.69, 9.17) is 9.73 Å². The van der Waals surface area contributed by atoms with Gasteiger partial charge in [-0.25, -0.2) is 8.42 Å². The van der Waals surface area contributed by atoms with Gasteiger partial charge in [-0.15, -0.1) is 24.0 Å². The summed E-state index contributed by atoms with van der Waals surface area (Å²) < 4.78 is 27.3. The van der Waals surface area contributed by atoms with E-state index < -0.39 is 9.84 Å². The highest BCUT2D eigenvalue weighted by atomic mass is 127.